The van der Waals surface area contributed by atoms with Gasteiger partial charge in [0.1, 0.15) is 5.69 Å². The number of fused-ring (bicyclic) bond motifs is 1. The van der Waals surface area contributed by atoms with Gasteiger partial charge in [-0.3, -0.25) is 14.2 Å². The number of hydrogen-bond acceptors (Lipinski definition) is 3. The van der Waals surface area contributed by atoms with Crippen molar-refractivity contribution in [3.63, 3.8) is 0 Å². The van der Waals surface area contributed by atoms with Gasteiger partial charge in [0.25, 0.3) is 5.56 Å². The first-order valence-electron chi connectivity index (χ1n) is 6.68. The molecule has 0 aliphatic rings. The molecule has 5 nitrogen and oxygen atoms in total. The standard InChI is InChI=1S/C16H15N3O2/c1-11-16(21)19(13-7-4-3-6-12(13)17-11)10-15(20)14-8-5-9-18(14)2/h3-9H,10H2,1-2H3. The van der Waals surface area contributed by atoms with Gasteiger partial charge in [-0.15, -0.1) is 0 Å². The topological polar surface area (TPSA) is 56.9 Å². The van der Waals surface area contributed by atoms with Gasteiger partial charge in [-0.1, -0.05) is 12.1 Å². The number of carbonyl (C=O) groups excluding carboxylic acids is 1. The molecule has 3 rings (SSSR count). The van der Waals surface area contributed by atoms with Crippen LogP contribution in [0.4, 0.5) is 0 Å². The molecule has 1 aromatic carbocycles. The SMILES string of the molecule is Cc1nc2ccccc2n(CC(=O)c2cccn2C)c1=O. The van der Waals surface area contributed by atoms with Gasteiger partial charge >= 0.3 is 0 Å². The molecule has 0 saturated carbocycles. The summed E-state index contributed by atoms with van der Waals surface area (Å²) >= 11 is 0. The van der Waals surface area contributed by atoms with Crippen LogP contribution in [0.3, 0.4) is 0 Å². The van der Waals surface area contributed by atoms with Crippen LogP contribution >= 0.6 is 0 Å². The average Bonchev–Trinajstić information content (AvgIpc) is 2.90. The summed E-state index contributed by atoms with van der Waals surface area (Å²) in [5.74, 6) is -0.0969. The number of aromatic nitrogens is 3. The van der Waals surface area contributed by atoms with Crippen LogP contribution in [0.25, 0.3) is 11.0 Å². The Morgan fingerprint density at radius 2 is 1.95 bits per heavy atom. The Balaban J connectivity index is 2.12. The van der Waals surface area contributed by atoms with Gasteiger partial charge in [0.15, 0.2) is 5.78 Å². The van der Waals surface area contributed by atoms with Crippen molar-refractivity contribution in [2.24, 2.45) is 7.05 Å². The molecule has 0 aliphatic carbocycles. The van der Waals surface area contributed by atoms with Gasteiger partial charge < -0.3 is 4.57 Å². The highest BCUT2D eigenvalue weighted by Gasteiger charge is 2.14. The smallest absolute Gasteiger partial charge is 0.272 e. The van der Waals surface area contributed by atoms with E-state index in [0.29, 0.717) is 22.4 Å². The molecule has 0 atom stereocenters. The predicted molar refractivity (Wildman–Crippen MR) is 80.5 cm³/mol. The summed E-state index contributed by atoms with van der Waals surface area (Å²) in [4.78, 5) is 29.0. The average molecular weight is 281 g/mol. The van der Waals surface area contributed by atoms with Crippen molar-refractivity contribution in [2.45, 2.75) is 13.5 Å². The van der Waals surface area contributed by atoms with Crippen LogP contribution in [0.1, 0.15) is 16.2 Å². The molecule has 0 N–H and O–H groups in total. The van der Waals surface area contributed by atoms with Crippen molar-refractivity contribution in [3.8, 4) is 0 Å². The molecule has 106 valence electrons. The molecule has 0 radical (unpaired) electrons. The number of aryl methyl sites for hydroxylation is 2. The number of Topliss-reactive ketones (excluding diaryl/α,β-unsaturated/α-hetero) is 1. The fraction of sp³-hybridized carbons (Fsp3) is 0.188. The van der Waals surface area contributed by atoms with Crippen LogP contribution < -0.4 is 5.56 Å². The zero-order valence-corrected chi connectivity index (χ0v) is 11.9. The molecule has 2 aromatic heterocycles. The van der Waals surface area contributed by atoms with E-state index in [-0.39, 0.29) is 17.9 Å². The summed E-state index contributed by atoms with van der Waals surface area (Å²) in [5, 5.41) is 0. The van der Waals surface area contributed by atoms with Gasteiger partial charge in [0, 0.05) is 13.2 Å². The van der Waals surface area contributed by atoms with Crippen LogP contribution in [0.5, 0.6) is 0 Å². The van der Waals surface area contributed by atoms with Gasteiger partial charge in [-0.25, -0.2) is 4.98 Å². The first kappa shape index (κ1) is 13.3. The van der Waals surface area contributed by atoms with E-state index in [0.717, 1.165) is 0 Å². The lowest BCUT2D eigenvalue weighted by molar-refractivity contribution is 0.0964. The van der Waals surface area contributed by atoms with Crippen molar-refractivity contribution in [3.05, 3.63) is 64.3 Å². The number of ketones is 1. The number of rotatable bonds is 3. The summed E-state index contributed by atoms with van der Waals surface area (Å²) in [6.07, 6.45) is 1.81. The second kappa shape index (κ2) is 5.01. The van der Waals surface area contributed by atoms with Crippen molar-refractivity contribution in [1.82, 2.24) is 14.1 Å². The van der Waals surface area contributed by atoms with E-state index in [2.05, 4.69) is 4.98 Å². The minimum atomic E-state index is -0.226. The Bertz CT molecular complexity index is 890. The predicted octanol–water partition coefficient (Wildman–Crippen LogP) is 1.93. The fourth-order valence-corrected chi connectivity index (χ4v) is 2.45. The van der Waals surface area contributed by atoms with Crippen molar-refractivity contribution >= 4 is 16.8 Å². The Labute approximate surface area is 121 Å². The van der Waals surface area contributed by atoms with Crippen LogP contribution in [-0.4, -0.2) is 19.9 Å². The molecule has 0 unspecified atom stereocenters. The quantitative estimate of drug-likeness (QED) is 0.689. The normalized spacial score (nSPS) is 11.0. The highest BCUT2D eigenvalue weighted by molar-refractivity contribution is 5.95. The lowest BCUT2D eigenvalue weighted by Gasteiger charge is -2.10. The summed E-state index contributed by atoms with van der Waals surface area (Å²) in [6.45, 7) is 1.68. The zero-order chi connectivity index (χ0) is 15.0. The first-order valence-corrected chi connectivity index (χ1v) is 6.68. The van der Waals surface area contributed by atoms with E-state index in [1.807, 2.05) is 37.5 Å². The number of nitrogens with zero attached hydrogens (tertiary/aromatic N) is 3. The Hall–Kier alpha value is -2.69. The molecular formula is C16H15N3O2. The summed E-state index contributed by atoms with van der Waals surface area (Å²) in [7, 11) is 1.81. The second-order valence-corrected chi connectivity index (χ2v) is 5.00. The third-order valence-corrected chi connectivity index (χ3v) is 3.55. The van der Waals surface area contributed by atoms with Gasteiger partial charge in [-0.05, 0) is 31.2 Å². The fourth-order valence-electron chi connectivity index (χ4n) is 2.45. The highest BCUT2D eigenvalue weighted by atomic mass is 16.1. The summed E-state index contributed by atoms with van der Waals surface area (Å²) < 4.78 is 3.25. The zero-order valence-electron chi connectivity index (χ0n) is 11.9. The largest absolute Gasteiger partial charge is 0.348 e. The number of benzene rings is 1. The number of para-hydroxylation sites is 2. The van der Waals surface area contributed by atoms with E-state index >= 15 is 0 Å². The van der Waals surface area contributed by atoms with E-state index in [9.17, 15) is 9.59 Å². The van der Waals surface area contributed by atoms with E-state index in [4.69, 9.17) is 0 Å². The van der Waals surface area contributed by atoms with E-state index < -0.39 is 0 Å². The molecule has 21 heavy (non-hydrogen) atoms. The Morgan fingerprint density at radius 1 is 1.19 bits per heavy atom. The van der Waals surface area contributed by atoms with Crippen LogP contribution in [0.2, 0.25) is 0 Å². The lowest BCUT2D eigenvalue weighted by Crippen LogP contribution is -2.28. The van der Waals surface area contributed by atoms with Gasteiger partial charge in [0.05, 0.1) is 23.3 Å². The molecule has 0 amide bonds. The molecular weight excluding hydrogens is 266 g/mol. The minimum absolute atomic E-state index is 0.0144. The van der Waals surface area contributed by atoms with Crippen molar-refractivity contribution < 1.29 is 4.79 Å². The molecule has 0 aliphatic heterocycles. The Kier molecular flexibility index (Phi) is 3.17. The maximum Gasteiger partial charge on any atom is 0.272 e. The second-order valence-electron chi connectivity index (χ2n) is 5.00. The maximum atomic E-state index is 12.4. The summed E-state index contributed by atoms with van der Waals surface area (Å²) in [5.41, 5.74) is 2.15. The van der Waals surface area contributed by atoms with Crippen LogP contribution in [0, 0.1) is 6.92 Å². The van der Waals surface area contributed by atoms with Gasteiger partial charge in [-0.2, -0.15) is 0 Å². The third kappa shape index (κ3) is 2.27. The molecule has 0 fully saturated rings. The van der Waals surface area contributed by atoms with Crippen molar-refractivity contribution in [1.29, 1.82) is 0 Å². The maximum absolute atomic E-state index is 12.4. The molecule has 0 spiro atoms. The monoisotopic (exact) mass is 281 g/mol. The van der Waals surface area contributed by atoms with Crippen molar-refractivity contribution in [2.75, 3.05) is 0 Å². The lowest BCUT2D eigenvalue weighted by atomic mass is 10.2. The molecule has 2 heterocycles. The minimum Gasteiger partial charge on any atom is -0.348 e. The third-order valence-electron chi connectivity index (χ3n) is 3.55. The molecule has 0 bridgehead atoms. The number of carbonyl (C=O) groups is 1. The Morgan fingerprint density at radius 3 is 2.67 bits per heavy atom. The highest BCUT2D eigenvalue weighted by Crippen LogP contribution is 2.11. The molecule has 0 saturated heterocycles. The first-order chi connectivity index (χ1) is 10.1. The number of hydrogen-bond donors (Lipinski definition) is 0. The summed E-state index contributed by atoms with van der Waals surface area (Å²) in [6, 6.07) is 10.9. The van der Waals surface area contributed by atoms with E-state index in [1.165, 1.54) is 4.57 Å². The van der Waals surface area contributed by atoms with Crippen LogP contribution in [-0.2, 0) is 13.6 Å². The van der Waals surface area contributed by atoms with E-state index in [1.54, 1.807) is 23.6 Å². The van der Waals surface area contributed by atoms with Gasteiger partial charge in [0.2, 0.25) is 0 Å². The molecule has 5 heteroatoms. The van der Waals surface area contributed by atoms with Crippen LogP contribution in [0.15, 0.2) is 47.4 Å². The molecule has 3 aromatic rings.